The Hall–Kier alpha value is -5.32. The van der Waals surface area contributed by atoms with Crippen molar-refractivity contribution >= 4 is 18.2 Å². The van der Waals surface area contributed by atoms with Crippen LogP contribution in [0.5, 0.6) is 17.2 Å². The van der Waals surface area contributed by atoms with Crippen LogP contribution in [-0.4, -0.2) is 31.0 Å². The van der Waals surface area contributed by atoms with Gasteiger partial charge in [-0.25, -0.2) is 9.59 Å². The molecular weight excluding hydrogens is 520 g/mol. The number of hydrogen-bond acceptors (Lipinski definition) is 10. The fraction of sp³-hybridized carbons (Fsp3) is 0.172. The van der Waals surface area contributed by atoms with E-state index in [2.05, 4.69) is 5.16 Å². The molecule has 0 N–H and O–H groups in total. The first-order chi connectivity index (χ1) is 19.5. The average Bonchev–Trinajstić information content (AvgIpc) is 3.35. The lowest BCUT2D eigenvalue weighted by atomic mass is 10.1. The summed E-state index contributed by atoms with van der Waals surface area (Å²) < 4.78 is 30.9. The third kappa shape index (κ3) is 7.38. The Bertz CT molecular complexity index is 1460. The van der Waals surface area contributed by atoms with Crippen LogP contribution in [0.4, 0.5) is 4.79 Å². The summed E-state index contributed by atoms with van der Waals surface area (Å²) >= 11 is 0. The van der Waals surface area contributed by atoms with Gasteiger partial charge in [0, 0.05) is 16.8 Å². The van der Waals surface area contributed by atoms with Crippen LogP contribution in [0.3, 0.4) is 0 Å². The van der Waals surface area contributed by atoms with Crippen molar-refractivity contribution in [2.24, 2.45) is 0 Å². The molecule has 0 aliphatic carbocycles. The molecule has 0 amide bonds. The lowest BCUT2D eigenvalue weighted by Gasteiger charge is -2.09. The number of benzene rings is 3. The Balaban J connectivity index is 1.28. The third-order valence-electron chi connectivity index (χ3n) is 5.48. The monoisotopic (exact) mass is 546 g/mol. The number of carbonyl (C=O) groups excluding carboxylic acids is 2. The summed E-state index contributed by atoms with van der Waals surface area (Å²) in [5.74, 6) is 0.459. The Morgan fingerprint density at radius 1 is 0.975 bits per heavy atom. The number of hydrogen-bond donors (Lipinski definition) is 0. The van der Waals surface area contributed by atoms with Gasteiger partial charge in [-0.3, -0.25) is 4.63 Å². The van der Waals surface area contributed by atoms with Crippen LogP contribution in [-0.2, 0) is 27.5 Å². The van der Waals surface area contributed by atoms with Gasteiger partial charge in [0.05, 0.1) is 13.7 Å². The maximum Gasteiger partial charge on any atom is 0.513 e. The molecule has 0 spiro atoms. The van der Waals surface area contributed by atoms with Crippen molar-refractivity contribution in [1.82, 2.24) is 5.16 Å². The van der Waals surface area contributed by atoms with Crippen molar-refractivity contribution < 1.29 is 42.8 Å². The summed E-state index contributed by atoms with van der Waals surface area (Å²) in [4.78, 5) is 24.1. The molecule has 11 nitrogen and oxygen atoms in total. The van der Waals surface area contributed by atoms with Gasteiger partial charge >= 0.3 is 12.1 Å². The van der Waals surface area contributed by atoms with Crippen molar-refractivity contribution in [2.45, 2.75) is 20.1 Å². The van der Waals surface area contributed by atoms with Gasteiger partial charge in [0.2, 0.25) is 5.69 Å². The van der Waals surface area contributed by atoms with Crippen molar-refractivity contribution in [3.63, 3.8) is 0 Å². The summed E-state index contributed by atoms with van der Waals surface area (Å²) in [6.07, 6.45) is 1.99. The molecule has 0 fully saturated rings. The van der Waals surface area contributed by atoms with Gasteiger partial charge < -0.3 is 28.9 Å². The molecule has 0 radical (unpaired) electrons. The lowest BCUT2D eigenvalue weighted by Crippen LogP contribution is -2.29. The van der Waals surface area contributed by atoms with E-state index in [9.17, 15) is 14.8 Å². The van der Waals surface area contributed by atoms with Gasteiger partial charge in [0.15, 0.2) is 18.1 Å². The maximum absolute atomic E-state index is 12.2. The van der Waals surface area contributed by atoms with Crippen LogP contribution in [0.1, 0.15) is 23.7 Å². The molecule has 11 heteroatoms. The zero-order valence-electron chi connectivity index (χ0n) is 21.8. The van der Waals surface area contributed by atoms with E-state index >= 15 is 0 Å². The number of ether oxygens (including phenoxy) is 5. The number of rotatable bonds is 11. The molecule has 4 rings (SSSR count). The number of aromatic nitrogens is 2. The Morgan fingerprint density at radius 2 is 1.75 bits per heavy atom. The summed E-state index contributed by atoms with van der Waals surface area (Å²) in [6, 6.07) is 20.9. The summed E-state index contributed by atoms with van der Waals surface area (Å²) in [6.45, 7) is 1.86. The number of esters is 1. The highest BCUT2D eigenvalue weighted by Gasteiger charge is 2.21. The molecule has 4 aromatic rings. The third-order valence-corrected chi connectivity index (χ3v) is 5.48. The lowest BCUT2D eigenvalue weighted by molar-refractivity contribution is -0.808. The van der Waals surface area contributed by atoms with E-state index in [-0.39, 0.29) is 31.3 Å². The van der Waals surface area contributed by atoms with E-state index in [1.54, 1.807) is 49.4 Å². The van der Waals surface area contributed by atoms with Gasteiger partial charge in [0.25, 0.3) is 5.69 Å². The second-order valence-electron chi connectivity index (χ2n) is 8.16. The largest absolute Gasteiger partial charge is 0.513 e. The van der Waals surface area contributed by atoms with Gasteiger partial charge in [-0.2, -0.15) is 0 Å². The normalized spacial score (nSPS) is 10.8. The fourth-order valence-electron chi connectivity index (χ4n) is 3.51. The molecular formula is C29H26N2O9. The van der Waals surface area contributed by atoms with E-state index in [1.165, 1.54) is 19.3 Å². The summed E-state index contributed by atoms with van der Waals surface area (Å²) in [5.41, 5.74) is 2.77. The van der Waals surface area contributed by atoms with Crippen LogP contribution in [0.2, 0.25) is 0 Å². The first-order valence-electron chi connectivity index (χ1n) is 12.2. The zero-order valence-corrected chi connectivity index (χ0v) is 21.8. The molecule has 1 aromatic heterocycles. The highest BCUT2D eigenvalue weighted by molar-refractivity contribution is 5.87. The van der Waals surface area contributed by atoms with E-state index in [4.69, 9.17) is 28.3 Å². The number of nitrogens with zero attached hydrogens (tertiary/aromatic N) is 2. The Labute approximate surface area is 229 Å². The van der Waals surface area contributed by atoms with Gasteiger partial charge in [0.1, 0.15) is 12.4 Å². The molecule has 0 saturated carbocycles. The first-order valence-corrected chi connectivity index (χ1v) is 12.2. The van der Waals surface area contributed by atoms with Crippen LogP contribution < -0.4 is 19.1 Å². The van der Waals surface area contributed by atoms with E-state index in [1.807, 2.05) is 30.3 Å². The number of carbonyl (C=O) groups is 2. The molecule has 0 aliphatic heterocycles. The minimum absolute atomic E-state index is 0.0446. The summed E-state index contributed by atoms with van der Waals surface area (Å²) in [7, 11) is 1.43. The molecule has 206 valence electrons. The standard InChI is InChI=1S/C29H26N2O9/c1-3-36-29(33)39-25-15-11-20(17-26(25)35-2)12-16-27(32)38-18-21-9-13-23(14-10-21)37-19-24-28(30-40-31(24)34)22-7-5-4-6-8-22/h4-17H,3,18-19H2,1-2H3/b16-12+. The quantitative estimate of drug-likeness (QED) is 0.111. The molecule has 0 atom stereocenters. The first kappa shape index (κ1) is 27.7. The predicted octanol–water partition coefficient (Wildman–Crippen LogP) is 4.85. The summed E-state index contributed by atoms with van der Waals surface area (Å²) in [5, 5.41) is 15.8. The Morgan fingerprint density at radius 3 is 2.48 bits per heavy atom. The van der Waals surface area contributed by atoms with Crippen LogP contribution >= 0.6 is 0 Å². The van der Waals surface area contributed by atoms with Gasteiger partial charge in [-0.15, -0.1) is 0 Å². The number of methoxy groups -OCH3 is 1. The molecule has 3 aromatic carbocycles. The maximum atomic E-state index is 12.2. The molecule has 1 heterocycles. The van der Waals surface area contributed by atoms with Gasteiger partial charge in [-0.1, -0.05) is 48.5 Å². The smallest absolute Gasteiger partial charge is 0.493 e. The van der Waals surface area contributed by atoms with Gasteiger partial charge in [-0.05, 0) is 53.3 Å². The average molecular weight is 547 g/mol. The predicted molar refractivity (Wildman–Crippen MR) is 141 cm³/mol. The van der Waals surface area contributed by atoms with E-state index in [0.29, 0.717) is 27.7 Å². The van der Waals surface area contributed by atoms with Crippen molar-refractivity contribution in [3.05, 3.63) is 101 Å². The second kappa shape index (κ2) is 13.5. The van der Waals surface area contributed by atoms with E-state index in [0.717, 1.165) is 11.1 Å². The second-order valence-corrected chi connectivity index (χ2v) is 8.16. The highest BCUT2D eigenvalue weighted by Crippen LogP contribution is 2.29. The molecule has 40 heavy (non-hydrogen) atoms. The minimum atomic E-state index is -0.838. The fourth-order valence-corrected chi connectivity index (χ4v) is 3.51. The zero-order chi connectivity index (χ0) is 28.3. The molecule has 0 bridgehead atoms. The van der Waals surface area contributed by atoms with Crippen molar-refractivity contribution in [1.29, 1.82) is 0 Å². The topological polar surface area (TPSA) is 133 Å². The minimum Gasteiger partial charge on any atom is -0.493 e. The van der Waals surface area contributed by atoms with Crippen LogP contribution in [0.25, 0.3) is 17.3 Å². The highest BCUT2D eigenvalue weighted by atomic mass is 16.8. The van der Waals surface area contributed by atoms with Crippen LogP contribution in [0.15, 0.2) is 83.5 Å². The van der Waals surface area contributed by atoms with Crippen molar-refractivity contribution in [2.75, 3.05) is 13.7 Å². The molecule has 0 unspecified atom stereocenters. The van der Waals surface area contributed by atoms with Crippen molar-refractivity contribution in [3.8, 4) is 28.5 Å². The molecule has 0 saturated heterocycles. The Kier molecular flexibility index (Phi) is 9.33. The molecule has 0 aliphatic rings. The SMILES string of the molecule is CCOC(=O)Oc1ccc(/C=C/C(=O)OCc2ccc(OCc3c(-c4ccccc4)no[n+]3[O-])cc2)cc1OC. The van der Waals surface area contributed by atoms with E-state index < -0.39 is 12.1 Å². The van der Waals surface area contributed by atoms with Crippen LogP contribution in [0, 0.1) is 5.21 Å².